The molecule has 2 aromatic rings. The smallest absolute Gasteiger partial charge is 0.475 e. The molecule has 1 saturated carbocycles. The zero-order valence-corrected chi connectivity index (χ0v) is 16.9. The SMILES string of the molecule is CC#CCn1c(=O)n(CC2CC2)c2ncnc(N3CCNCC3)c21.O=C(O)C(F)(F)F. The number of carboxylic acid groups (broad SMARTS) is 1. The number of hydrogen-bond acceptors (Lipinski definition) is 6. The lowest BCUT2D eigenvalue weighted by atomic mass is 10.3. The van der Waals surface area contributed by atoms with Gasteiger partial charge in [0.15, 0.2) is 11.5 Å². The maximum Gasteiger partial charge on any atom is 0.490 e. The summed E-state index contributed by atoms with van der Waals surface area (Å²) in [4.78, 5) is 33.0. The molecule has 0 amide bonds. The van der Waals surface area contributed by atoms with Gasteiger partial charge in [0, 0.05) is 32.7 Å². The number of piperazine rings is 1. The molecule has 168 valence electrons. The van der Waals surface area contributed by atoms with Crippen LogP contribution in [0.1, 0.15) is 19.8 Å². The molecule has 0 bridgehead atoms. The van der Waals surface area contributed by atoms with Crippen LogP contribution in [0.4, 0.5) is 19.0 Å². The Morgan fingerprint density at radius 2 is 1.90 bits per heavy atom. The van der Waals surface area contributed by atoms with Gasteiger partial charge in [-0.25, -0.2) is 19.6 Å². The maximum atomic E-state index is 13.0. The number of nitrogens with one attached hydrogen (secondary N) is 1. The van der Waals surface area contributed by atoms with Crippen molar-refractivity contribution in [2.24, 2.45) is 5.92 Å². The van der Waals surface area contributed by atoms with Gasteiger partial charge in [-0.15, -0.1) is 5.92 Å². The van der Waals surface area contributed by atoms with Crippen LogP contribution in [0.2, 0.25) is 0 Å². The Kier molecular flexibility index (Phi) is 6.84. The molecule has 1 aliphatic heterocycles. The van der Waals surface area contributed by atoms with Crippen molar-refractivity contribution in [3.05, 3.63) is 16.8 Å². The third-order valence-electron chi connectivity index (χ3n) is 4.98. The number of fused-ring (bicyclic) bond motifs is 1. The van der Waals surface area contributed by atoms with Crippen LogP contribution in [0.3, 0.4) is 0 Å². The molecular weight excluding hydrogens is 417 g/mol. The predicted octanol–water partition coefficient (Wildman–Crippen LogP) is 1.07. The predicted molar refractivity (Wildman–Crippen MR) is 107 cm³/mol. The summed E-state index contributed by atoms with van der Waals surface area (Å²) in [5.74, 6) is 4.61. The summed E-state index contributed by atoms with van der Waals surface area (Å²) in [7, 11) is 0. The highest BCUT2D eigenvalue weighted by Crippen LogP contribution is 2.32. The summed E-state index contributed by atoms with van der Waals surface area (Å²) < 4.78 is 35.3. The molecule has 31 heavy (non-hydrogen) atoms. The minimum absolute atomic E-state index is 0.0171. The second-order valence-electron chi connectivity index (χ2n) is 7.26. The third-order valence-corrected chi connectivity index (χ3v) is 4.98. The Labute approximate surface area is 175 Å². The van der Waals surface area contributed by atoms with Gasteiger partial charge in [-0.3, -0.25) is 9.13 Å². The Balaban J connectivity index is 0.000000339. The van der Waals surface area contributed by atoms with Gasteiger partial charge < -0.3 is 15.3 Å². The zero-order chi connectivity index (χ0) is 22.6. The minimum Gasteiger partial charge on any atom is -0.475 e. The van der Waals surface area contributed by atoms with E-state index >= 15 is 0 Å². The van der Waals surface area contributed by atoms with Crippen molar-refractivity contribution in [1.82, 2.24) is 24.4 Å². The first-order valence-electron chi connectivity index (χ1n) is 9.83. The second-order valence-corrected chi connectivity index (χ2v) is 7.26. The van der Waals surface area contributed by atoms with Crippen molar-refractivity contribution in [2.45, 2.75) is 39.0 Å². The molecule has 0 aromatic carbocycles. The molecule has 9 nitrogen and oxygen atoms in total. The summed E-state index contributed by atoms with van der Waals surface area (Å²) in [5.41, 5.74) is 1.55. The van der Waals surface area contributed by atoms with E-state index in [1.807, 2.05) is 4.57 Å². The summed E-state index contributed by atoms with van der Waals surface area (Å²) in [5, 5.41) is 10.5. The average Bonchev–Trinajstić information content (AvgIpc) is 3.52. The number of alkyl halides is 3. The molecule has 0 atom stereocenters. The quantitative estimate of drug-likeness (QED) is 0.686. The van der Waals surface area contributed by atoms with E-state index in [2.05, 4.69) is 32.0 Å². The molecule has 2 N–H and O–H groups in total. The molecule has 0 spiro atoms. The van der Waals surface area contributed by atoms with E-state index in [0.29, 0.717) is 12.5 Å². The first-order valence-corrected chi connectivity index (χ1v) is 9.83. The first kappa shape index (κ1) is 22.6. The molecule has 1 saturated heterocycles. The largest absolute Gasteiger partial charge is 0.490 e. The van der Waals surface area contributed by atoms with E-state index in [9.17, 15) is 18.0 Å². The number of imidazole rings is 1. The Hall–Kier alpha value is -3.07. The number of aliphatic carboxylic acids is 1. The third kappa shape index (κ3) is 5.35. The molecule has 2 aromatic heterocycles. The number of halogens is 3. The maximum absolute atomic E-state index is 13.0. The van der Waals surface area contributed by atoms with Crippen molar-refractivity contribution < 1.29 is 23.1 Å². The van der Waals surface area contributed by atoms with E-state index in [1.54, 1.807) is 17.8 Å². The molecule has 1 aliphatic carbocycles. The second kappa shape index (κ2) is 9.38. The number of carboxylic acids is 1. The lowest BCUT2D eigenvalue weighted by molar-refractivity contribution is -0.192. The Morgan fingerprint density at radius 1 is 1.26 bits per heavy atom. The Morgan fingerprint density at radius 3 is 2.45 bits per heavy atom. The number of rotatable bonds is 4. The first-order chi connectivity index (χ1) is 14.7. The van der Waals surface area contributed by atoms with Crippen LogP contribution in [0, 0.1) is 17.8 Å². The summed E-state index contributed by atoms with van der Waals surface area (Å²) >= 11 is 0. The Bertz CT molecular complexity index is 1060. The number of hydrogen-bond donors (Lipinski definition) is 2. The van der Waals surface area contributed by atoms with Gasteiger partial charge >= 0.3 is 17.8 Å². The fraction of sp³-hybridized carbons (Fsp3) is 0.579. The van der Waals surface area contributed by atoms with Crippen molar-refractivity contribution in [3.8, 4) is 11.8 Å². The van der Waals surface area contributed by atoms with Gasteiger partial charge in [0.2, 0.25) is 0 Å². The van der Waals surface area contributed by atoms with Crippen molar-refractivity contribution in [3.63, 3.8) is 0 Å². The summed E-state index contributed by atoms with van der Waals surface area (Å²) in [6.45, 7) is 6.54. The molecular formula is C19H23F3N6O3. The lowest BCUT2D eigenvalue weighted by Crippen LogP contribution is -2.44. The fourth-order valence-electron chi connectivity index (χ4n) is 3.27. The summed E-state index contributed by atoms with van der Waals surface area (Å²) in [6, 6.07) is 0. The van der Waals surface area contributed by atoms with Crippen LogP contribution in [0.5, 0.6) is 0 Å². The number of nitrogens with zero attached hydrogens (tertiary/aromatic N) is 5. The van der Waals surface area contributed by atoms with Crippen molar-refractivity contribution in [1.29, 1.82) is 0 Å². The number of carbonyl (C=O) groups is 1. The monoisotopic (exact) mass is 440 g/mol. The minimum atomic E-state index is -5.08. The molecule has 4 rings (SSSR count). The molecule has 3 heterocycles. The highest BCUT2D eigenvalue weighted by molar-refractivity contribution is 5.84. The molecule has 0 unspecified atom stereocenters. The van der Waals surface area contributed by atoms with Crippen molar-refractivity contribution in [2.75, 3.05) is 31.1 Å². The van der Waals surface area contributed by atoms with Crippen molar-refractivity contribution >= 4 is 23.0 Å². The number of aromatic nitrogens is 4. The van der Waals surface area contributed by atoms with Crippen LogP contribution >= 0.6 is 0 Å². The van der Waals surface area contributed by atoms with Gasteiger partial charge in [-0.2, -0.15) is 13.2 Å². The average molecular weight is 440 g/mol. The van der Waals surface area contributed by atoms with Crippen LogP contribution in [-0.2, 0) is 17.9 Å². The molecule has 2 aliphatic rings. The van der Waals surface area contributed by atoms with Gasteiger partial charge in [-0.1, -0.05) is 5.92 Å². The van der Waals surface area contributed by atoms with E-state index in [4.69, 9.17) is 9.90 Å². The highest BCUT2D eigenvalue weighted by atomic mass is 19.4. The van der Waals surface area contributed by atoms with Gasteiger partial charge in [0.25, 0.3) is 0 Å². The van der Waals surface area contributed by atoms with Gasteiger partial charge in [0.1, 0.15) is 11.8 Å². The van der Waals surface area contributed by atoms with E-state index in [-0.39, 0.29) is 5.69 Å². The van der Waals surface area contributed by atoms with Gasteiger partial charge in [0.05, 0.1) is 6.54 Å². The van der Waals surface area contributed by atoms with Crippen LogP contribution in [-0.4, -0.2) is 62.5 Å². The van der Waals surface area contributed by atoms with Crippen LogP contribution in [0.25, 0.3) is 11.2 Å². The zero-order valence-electron chi connectivity index (χ0n) is 16.9. The molecule has 0 radical (unpaired) electrons. The van der Waals surface area contributed by atoms with Crippen LogP contribution < -0.4 is 15.9 Å². The standard InChI is InChI=1S/C17H22N6O.C2HF3O2/c1-2-3-8-22-14-15(21-9-6-18-7-10-21)19-12-20-16(14)23(17(22)24)11-13-4-5-13;3-2(4,5)1(6)7/h12-13,18H,4-11H2,1H3;(H,6,7). The van der Waals surface area contributed by atoms with E-state index in [0.717, 1.165) is 49.7 Å². The fourth-order valence-corrected chi connectivity index (χ4v) is 3.27. The number of anilines is 1. The van der Waals surface area contributed by atoms with E-state index in [1.165, 1.54) is 12.8 Å². The highest BCUT2D eigenvalue weighted by Gasteiger charge is 2.38. The lowest BCUT2D eigenvalue weighted by Gasteiger charge is -2.28. The van der Waals surface area contributed by atoms with Crippen LogP contribution in [0.15, 0.2) is 11.1 Å². The van der Waals surface area contributed by atoms with E-state index < -0.39 is 12.1 Å². The normalized spacial score (nSPS) is 16.3. The molecule has 2 fully saturated rings. The van der Waals surface area contributed by atoms with Gasteiger partial charge in [-0.05, 0) is 25.7 Å². The summed E-state index contributed by atoms with van der Waals surface area (Å²) in [6.07, 6.45) is -1.11. The topological polar surface area (TPSA) is 105 Å². The molecule has 12 heteroatoms.